The molecule has 2 rings (SSSR count). The van der Waals surface area contributed by atoms with Crippen molar-refractivity contribution < 1.29 is 19.4 Å². The Labute approximate surface area is 140 Å². The molecule has 1 unspecified atom stereocenters. The number of hydrogen-bond acceptors (Lipinski definition) is 4. The van der Waals surface area contributed by atoms with E-state index in [2.05, 4.69) is 5.32 Å². The van der Waals surface area contributed by atoms with Gasteiger partial charge in [-0.25, -0.2) is 0 Å². The number of halogens is 1. The van der Waals surface area contributed by atoms with Gasteiger partial charge in [0.1, 0.15) is 5.75 Å². The third kappa shape index (κ3) is 4.14. The second-order valence-corrected chi connectivity index (χ2v) is 6.13. The van der Waals surface area contributed by atoms with E-state index < -0.39 is 11.5 Å². The molecule has 0 spiro atoms. The molecule has 0 saturated carbocycles. The number of rotatable bonds is 4. The molecule has 0 bridgehead atoms. The summed E-state index contributed by atoms with van der Waals surface area (Å²) >= 11 is 6.04. The van der Waals surface area contributed by atoms with Gasteiger partial charge in [0.15, 0.2) is 5.60 Å². The number of nitrogens with one attached hydrogen (secondary N) is 1. The van der Waals surface area contributed by atoms with E-state index in [4.69, 9.17) is 16.3 Å². The molecule has 1 saturated heterocycles. The molecule has 0 aliphatic carbocycles. The van der Waals surface area contributed by atoms with Gasteiger partial charge in [0.2, 0.25) is 5.91 Å². The van der Waals surface area contributed by atoms with Crippen molar-refractivity contribution in [2.45, 2.75) is 31.9 Å². The molecule has 1 aliphatic rings. The fourth-order valence-corrected chi connectivity index (χ4v) is 2.94. The quantitative estimate of drug-likeness (QED) is 0.867. The number of β-amino-alcohol motifs (C(OH)–C–C–N with tert-alkyl or cyclic N) is 1. The van der Waals surface area contributed by atoms with Crippen LogP contribution in [0.1, 0.15) is 25.3 Å². The van der Waals surface area contributed by atoms with Crippen LogP contribution in [0.15, 0.2) is 18.2 Å². The number of carbonyl (C=O) groups is 2. The van der Waals surface area contributed by atoms with E-state index in [1.807, 2.05) is 0 Å². The molecule has 1 fully saturated rings. The summed E-state index contributed by atoms with van der Waals surface area (Å²) in [5.74, 6) is -0.0574. The number of aliphatic hydroxyl groups is 1. The molecule has 1 aliphatic heterocycles. The molecular formula is C16H21ClN2O4. The number of piperidine rings is 1. The number of likely N-dealkylation sites (tertiary alicyclic amines) is 1. The molecule has 0 aromatic heterocycles. The van der Waals surface area contributed by atoms with Crippen molar-refractivity contribution in [3.8, 4) is 5.75 Å². The van der Waals surface area contributed by atoms with Crippen LogP contribution in [0.4, 0.5) is 0 Å². The Bertz CT molecular complexity index is 608. The molecule has 2 amide bonds. The summed E-state index contributed by atoms with van der Waals surface area (Å²) in [5.41, 5.74) is -0.743. The third-order valence-electron chi connectivity index (χ3n) is 4.01. The van der Waals surface area contributed by atoms with Gasteiger partial charge in [0, 0.05) is 20.0 Å². The van der Waals surface area contributed by atoms with Crippen LogP contribution in [0.5, 0.6) is 5.75 Å². The second kappa shape index (κ2) is 7.19. The average molecular weight is 341 g/mol. The van der Waals surface area contributed by atoms with E-state index >= 15 is 0 Å². The Morgan fingerprint density at radius 1 is 1.48 bits per heavy atom. The highest BCUT2D eigenvalue weighted by molar-refractivity contribution is 6.32. The lowest BCUT2D eigenvalue weighted by Gasteiger charge is -2.37. The highest BCUT2D eigenvalue weighted by Gasteiger charge is 2.40. The van der Waals surface area contributed by atoms with Gasteiger partial charge in [0.25, 0.3) is 5.91 Å². The highest BCUT2D eigenvalue weighted by atomic mass is 35.5. The van der Waals surface area contributed by atoms with Gasteiger partial charge in [-0.1, -0.05) is 17.7 Å². The Hall–Kier alpha value is -1.79. The summed E-state index contributed by atoms with van der Waals surface area (Å²) < 4.78 is 5.07. The zero-order valence-electron chi connectivity index (χ0n) is 13.3. The molecule has 2 N–H and O–H groups in total. The topological polar surface area (TPSA) is 78.9 Å². The number of amides is 2. The zero-order chi connectivity index (χ0) is 17.0. The van der Waals surface area contributed by atoms with Crippen molar-refractivity contribution >= 4 is 23.4 Å². The molecule has 1 aromatic carbocycles. The van der Waals surface area contributed by atoms with Gasteiger partial charge >= 0.3 is 0 Å². The molecule has 126 valence electrons. The Morgan fingerprint density at radius 3 is 2.83 bits per heavy atom. The van der Waals surface area contributed by atoms with E-state index in [0.29, 0.717) is 30.2 Å². The monoisotopic (exact) mass is 340 g/mol. The first-order valence-corrected chi connectivity index (χ1v) is 7.82. The van der Waals surface area contributed by atoms with Crippen molar-refractivity contribution in [3.63, 3.8) is 0 Å². The van der Waals surface area contributed by atoms with Gasteiger partial charge in [-0.15, -0.1) is 0 Å². The first kappa shape index (κ1) is 17.6. The van der Waals surface area contributed by atoms with E-state index in [1.54, 1.807) is 18.2 Å². The molecule has 7 heteroatoms. The van der Waals surface area contributed by atoms with Gasteiger partial charge < -0.3 is 20.1 Å². The Balaban J connectivity index is 1.98. The predicted molar refractivity (Wildman–Crippen MR) is 86.3 cm³/mol. The molecule has 6 nitrogen and oxygen atoms in total. The lowest BCUT2D eigenvalue weighted by Crippen LogP contribution is -2.57. The van der Waals surface area contributed by atoms with E-state index in [1.165, 1.54) is 18.9 Å². The molecule has 0 radical (unpaired) electrons. The molecule has 23 heavy (non-hydrogen) atoms. The maximum absolute atomic E-state index is 12.3. The van der Waals surface area contributed by atoms with Crippen LogP contribution >= 0.6 is 11.6 Å². The number of carbonyl (C=O) groups excluding carboxylic acids is 2. The smallest absolute Gasteiger partial charge is 0.254 e. The summed E-state index contributed by atoms with van der Waals surface area (Å²) in [6.07, 6.45) is 0.934. The van der Waals surface area contributed by atoms with Crippen LogP contribution < -0.4 is 10.1 Å². The van der Waals surface area contributed by atoms with Crippen LogP contribution in [0, 0.1) is 0 Å². The predicted octanol–water partition coefficient (Wildman–Crippen LogP) is 1.34. The number of hydrogen-bond donors (Lipinski definition) is 2. The van der Waals surface area contributed by atoms with E-state index in [-0.39, 0.29) is 19.0 Å². The van der Waals surface area contributed by atoms with Gasteiger partial charge in [-0.2, -0.15) is 0 Å². The lowest BCUT2D eigenvalue weighted by atomic mass is 9.91. The minimum Gasteiger partial charge on any atom is -0.495 e. The molecule has 1 aromatic rings. The first-order chi connectivity index (χ1) is 10.9. The van der Waals surface area contributed by atoms with E-state index in [9.17, 15) is 14.7 Å². The van der Waals surface area contributed by atoms with Crippen molar-refractivity contribution in [2.75, 3.05) is 20.2 Å². The summed E-state index contributed by atoms with van der Waals surface area (Å²) in [5, 5.41) is 13.7. The summed E-state index contributed by atoms with van der Waals surface area (Å²) in [6, 6.07) is 5.21. The van der Waals surface area contributed by atoms with Crippen LogP contribution in [0.3, 0.4) is 0 Å². The van der Waals surface area contributed by atoms with Crippen molar-refractivity contribution in [3.05, 3.63) is 28.8 Å². The number of nitrogens with zero attached hydrogens (tertiary/aromatic N) is 1. The SMILES string of the molecule is COc1ccc(CNC(=O)C2(O)CCCN(C(C)=O)C2)cc1Cl. The average Bonchev–Trinajstić information content (AvgIpc) is 2.52. The van der Waals surface area contributed by atoms with E-state index in [0.717, 1.165) is 5.56 Å². The van der Waals surface area contributed by atoms with Crippen LogP contribution in [0.25, 0.3) is 0 Å². The highest BCUT2D eigenvalue weighted by Crippen LogP contribution is 2.25. The number of methoxy groups -OCH3 is 1. The minimum absolute atomic E-state index is 0.0253. The number of ether oxygens (including phenoxy) is 1. The van der Waals surface area contributed by atoms with Gasteiger partial charge in [0.05, 0.1) is 18.7 Å². The van der Waals surface area contributed by atoms with Gasteiger partial charge in [-0.05, 0) is 30.5 Å². The summed E-state index contributed by atoms with van der Waals surface area (Å²) in [4.78, 5) is 25.2. The van der Waals surface area contributed by atoms with Crippen molar-refractivity contribution in [1.82, 2.24) is 10.2 Å². The van der Waals surface area contributed by atoms with Crippen molar-refractivity contribution in [1.29, 1.82) is 0 Å². The minimum atomic E-state index is -1.54. The fourth-order valence-electron chi connectivity index (χ4n) is 2.66. The largest absolute Gasteiger partial charge is 0.495 e. The maximum atomic E-state index is 12.3. The van der Waals surface area contributed by atoms with Crippen LogP contribution in [-0.4, -0.2) is 47.6 Å². The molecular weight excluding hydrogens is 320 g/mol. The zero-order valence-corrected chi connectivity index (χ0v) is 14.0. The third-order valence-corrected chi connectivity index (χ3v) is 4.30. The summed E-state index contributed by atoms with van der Waals surface area (Å²) in [7, 11) is 1.53. The molecule has 1 atom stereocenters. The maximum Gasteiger partial charge on any atom is 0.254 e. The first-order valence-electron chi connectivity index (χ1n) is 7.44. The normalized spacial score (nSPS) is 21.0. The van der Waals surface area contributed by atoms with Crippen LogP contribution in [-0.2, 0) is 16.1 Å². The standard InChI is InChI=1S/C16H21ClN2O4/c1-11(20)19-7-3-6-16(22,10-19)15(21)18-9-12-4-5-14(23-2)13(17)8-12/h4-5,8,22H,3,6-7,9-10H2,1-2H3,(H,18,21). The lowest BCUT2D eigenvalue weighted by molar-refractivity contribution is -0.150. The molecule has 1 heterocycles. The van der Waals surface area contributed by atoms with Crippen molar-refractivity contribution in [2.24, 2.45) is 0 Å². The van der Waals surface area contributed by atoms with Gasteiger partial charge in [-0.3, -0.25) is 9.59 Å². The Kier molecular flexibility index (Phi) is 5.49. The fraction of sp³-hybridized carbons (Fsp3) is 0.500. The Morgan fingerprint density at radius 2 is 2.22 bits per heavy atom. The van der Waals surface area contributed by atoms with Crippen LogP contribution in [0.2, 0.25) is 5.02 Å². The second-order valence-electron chi connectivity index (χ2n) is 5.73. The summed E-state index contributed by atoms with van der Waals surface area (Å²) in [6.45, 7) is 2.27. The number of benzene rings is 1.